The van der Waals surface area contributed by atoms with Crippen LogP contribution in [0.15, 0.2) is 17.4 Å². The zero-order chi connectivity index (χ0) is 17.0. The molecule has 2 N–H and O–H groups in total. The molecular weight excluding hydrogens is 425 g/mol. The van der Waals surface area contributed by atoms with E-state index >= 15 is 0 Å². The van der Waals surface area contributed by atoms with Gasteiger partial charge in [-0.3, -0.25) is 9.67 Å². The number of nitrogens with zero attached hydrogens (tertiary/aromatic N) is 3. The molecule has 0 amide bonds. The normalized spacial score (nSPS) is 15.7. The van der Waals surface area contributed by atoms with Crippen LogP contribution in [0.2, 0.25) is 0 Å². The quantitative estimate of drug-likeness (QED) is 0.254. The molecule has 144 valence electrons. The molecule has 0 radical (unpaired) electrons. The third-order valence-electron chi connectivity index (χ3n) is 4.80. The molecular formula is C19H36IN5. The number of nitrogens with one attached hydrogen (secondary N) is 2. The summed E-state index contributed by atoms with van der Waals surface area (Å²) in [5, 5.41) is 11.0. The van der Waals surface area contributed by atoms with Gasteiger partial charge in [-0.15, -0.1) is 24.0 Å². The van der Waals surface area contributed by atoms with E-state index in [1.165, 1.54) is 50.5 Å². The Balaban J connectivity index is 0.00000312. The maximum absolute atomic E-state index is 4.69. The Hall–Kier alpha value is -0.790. The standard InChI is InChI=1S/C19H35N5.HI/c1-3-20-19(21-13-7-11-17-9-5-4-6-10-17)22-14-8-12-18-15-23-24(2)16-18;/h15-17H,3-14H2,1-2H3,(H2,20,21,22);1H. The number of hydrogen-bond acceptors (Lipinski definition) is 2. The van der Waals surface area contributed by atoms with Gasteiger partial charge in [0, 0.05) is 32.9 Å². The summed E-state index contributed by atoms with van der Waals surface area (Å²) in [5.74, 6) is 1.94. The summed E-state index contributed by atoms with van der Waals surface area (Å²) in [6.45, 7) is 4.92. The lowest BCUT2D eigenvalue weighted by molar-refractivity contribution is 0.332. The highest BCUT2D eigenvalue weighted by Gasteiger charge is 2.12. The largest absolute Gasteiger partial charge is 0.357 e. The Morgan fingerprint density at radius 3 is 2.72 bits per heavy atom. The fraction of sp³-hybridized carbons (Fsp3) is 0.789. The number of rotatable bonds is 9. The van der Waals surface area contributed by atoms with Gasteiger partial charge in [0.15, 0.2) is 5.96 Å². The molecule has 1 aliphatic carbocycles. The first-order valence-electron chi connectivity index (χ1n) is 9.77. The van der Waals surface area contributed by atoms with Crippen molar-refractivity contribution in [1.29, 1.82) is 0 Å². The summed E-state index contributed by atoms with van der Waals surface area (Å²) in [4.78, 5) is 4.69. The van der Waals surface area contributed by atoms with Crippen molar-refractivity contribution in [1.82, 2.24) is 20.4 Å². The second kappa shape index (κ2) is 13.4. The maximum Gasteiger partial charge on any atom is 0.191 e. The van der Waals surface area contributed by atoms with Gasteiger partial charge < -0.3 is 10.6 Å². The lowest BCUT2D eigenvalue weighted by Gasteiger charge is -2.21. The SMILES string of the molecule is CCNC(=NCCCc1cnn(C)c1)NCCCC1CCCCC1.I. The van der Waals surface area contributed by atoms with E-state index in [0.717, 1.165) is 44.4 Å². The molecule has 5 nitrogen and oxygen atoms in total. The molecule has 1 aliphatic rings. The Kier molecular flexibility index (Phi) is 11.9. The summed E-state index contributed by atoms with van der Waals surface area (Å²) < 4.78 is 1.86. The van der Waals surface area contributed by atoms with Crippen molar-refractivity contribution in [3.8, 4) is 0 Å². The monoisotopic (exact) mass is 461 g/mol. The minimum atomic E-state index is 0. The van der Waals surface area contributed by atoms with Gasteiger partial charge in [-0.1, -0.05) is 32.1 Å². The molecule has 1 aromatic rings. The molecule has 0 aliphatic heterocycles. The van der Waals surface area contributed by atoms with Crippen LogP contribution in [0, 0.1) is 5.92 Å². The van der Waals surface area contributed by atoms with Crippen molar-refractivity contribution in [3.63, 3.8) is 0 Å². The van der Waals surface area contributed by atoms with Crippen molar-refractivity contribution in [2.75, 3.05) is 19.6 Å². The van der Waals surface area contributed by atoms with Gasteiger partial charge in [0.1, 0.15) is 0 Å². The number of aromatic nitrogens is 2. The van der Waals surface area contributed by atoms with Crippen LogP contribution >= 0.6 is 24.0 Å². The van der Waals surface area contributed by atoms with Crippen LogP contribution in [-0.2, 0) is 13.5 Å². The zero-order valence-corrected chi connectivity index (χ0v) is 18.3. The summed E-state index contributed by atoms with van der Waals surface area (Å²) in [5.41, 5.74) is 1.29. The molecule has 0 bridgehead atoms. The average molecular weight is 461 g/mol. The van der Waals surface area contributed by atoms with Gasteiger partial charge in [0.2, 0.25) is 0 Å². The second-order valence-corrected chi connectivity index (χ2v) is 6.96. The van der Waals surface area contributed by atoms with Gasteiger partial charge in [-0.25, -0.2) is 0 Å². The second-order valence-electron chi connectivity index (χ2n) is 6.96. The Labute approximate surface area is 170 Å². The van der Waals surface area contributed by atoms with Gasteiger partial charge in [0.05, 0.1) is 6.20 Å². The molecule has 0 atom stereocenters. The number of hydrogen-bond donors (Lipinski definition) is 2. The molecule has 25 heavy (non-hydrogen) atoms. The predicted molar refractivity (Wildman–Crippen MR) is 117 cm³/mol. The molecule has 0 saturated heterocycles. The minimum Gasteiger partial charge on any atom is -0.357 e. The fourth-order valence-electron chi connectivity index (χ4n) is 3.49. The third-order valence-corrected chi connectivity index (χ3v) is 4.80. The highest BCUT2D eigenvalue weighted by molar-refractivity contribution is 14.0. The van der Waals surface area contributed by atoms with E-state index in [0.29, 0.717) is 0 Å². The van der Waals surface area contributed by atoms with E-state index in [2.05, 4.69) is 33.8 Å². The Morgan fingerprint density at radius 1 is 1.24 bits per heavy atom. The van der Waals surface area contributed by atoms with Crippen LogP contribution < -0.4 is 10.6 Å². The Bertz CT molecular complexity index is 480. The molecule has 0 unspecified atom stereocenters. The van der Waals surface area contributed by atoms with Crippen molar-refractivity contribution in [3.05, 3.63) is 18.0 Å². The van der Waals surface area contributed by atoms with E-state index in [1.54, 1.807) is 0 Å². The zero-order valence-electron chi connectivity index (χ0n) is 16.0. The molecule has 6 heteroatoms. The first-order valence-corrected chi connectivity index (χ1v) is 9.77. The highest BCUT2D eigenvalue weighted by Crippen LogP contribution is 2.26. The van der Waals surface area contributed by atoms with Crippen molar-refractivity contribution in [2.45, 2.75) is 64.7 Å². The fourth-order valence-corrected chi connectivity index (χ4v) is 3.49. The first kappa shape index (κ1) is 22.3. The Morgan fingerprint density at radius 2 is 2.04 bits per heavy atom. The van der Waals surface area contributed by atoms with Crippen LogP contribution in [0.3, 0.4) is 0 Å². The van der Waals surface area contributed by atoms with Crippen LogP contribution in [-0.4, -0.2) is 35.4 Å². The predicted octanol–water partition coefficient (Wildman–Crippen LogP) is 3.89. The smallest absolute Gasteiger partial charge is 0.191 e. The average Bonchev–Trinajstić information content (AvgIpc) is 3.01. The van der Waals surface area contributed by atoms with Gasteiger partial charge >= 0.3 is 0 Å². The first-order chi connectivity index (χ1) is 11.8. The molecule has 1 aromatic heterocycles. The summed E-state index contributed by atoms with van der Waals surface area (Å²) in [6, 6.07) is 0. The number of halogens is 1. The molecule has 1 heterocycles. The van der Waals surface area contributed by atoms with Gasteiger partial charge in [0.25, 0.3) is 0 Å². The molecule has 0 aromatic carbocycles. The molecule has 1 fully saturated rings. The van der Waals surface area contributed by atoms with E-state index in [-0.39, 0.29) is 24.0 Å². The molecule has 1 saturated carbocycles. The number of guanidine groups is 1. The van der Waals surface area contributed by atoms with Crippen molar-refractivity contribution in [2.24, 2.45) is 18.0 Å². The summed E-state index contributed by atoms with van der Waals surface area (Å²) in [6.07, 6.45) is 16.0. The minimum absolute atomic E-state index is 0. The number of aliphatic imine (C=N–C) groups is 1. The van der Waals surface area contributed by atoms with E-state index in [9.17, 15) is 0 Å². The van der Waals surface area contributed by atoms with E-state index in [4.69, 9.17) is 0 Å². The summed E-state index contributed by atoms with van der Waals surface area (Å²) in [7, 11) is 1.96. The van der Waals surface area contributed by atoms with Gasteiger partial charge in [-0.05, 0) is 44.1 Å². The van der Waals surface area contributed by atoms with E-state index < -0.39 is 0 Å². The highest BCUT2D eigenvalue weighted by atomic mass is 127. The van der Waals surface area contributed by atoms with Crippen molar-refractivity contribution < 1.29 is 0 Å². The van der Waals surface area contributed by atoms with Crippen LogP contribution in [0.1, 0.15) is 63.9 Å². The summed E-state index contributed by atoms with van der Waals surface area (Å²) >= 11 is 0. The van der Waals surface area contributed by atoms with Crippen LogP contribution in [0.5, 0.6) is 0 Å². The number of aryl methyl sites for hydroxylation is 2. The van der Waals surface area contributed by atoms with Gasteiger partial charge in [-0.2, -0.15) is 5.10 Å². The lowest BCUT2D eigenvalue weighted by Crippen LogP contribution is -2.38. The molecule has 2 rings (SSSR count). The topological polar surface area (TPSA) is 54.2 Å². The third kappa shape index (κ3) is 9.47. The van der Waals surface area contributed by atoms with E-state index in [1.807, 2.05) is 17.9 Å². The molecule has 0 spiro atoms. The lowest BCUT2D eigenvalue weighted by atomic mass is 9.86. The van der Waals surface area contributed by atoms with Crippen LogP contribution in [0.25, 0.3) is 0 Å². The maximum atomic E-state index is 4.69. The van der Waals surface area contributed by atoms with Crippen LogP contribution in [0.4, 0.5) is 0 Å². The van der Waals surface area contributed by atoms with Crippen molar-refractivity contribution >= 4 is 29.9 Å².